The van der Waals surface area contributed by atoms with Crippen LogP contribution in [0.4, 0.5) is 0 Å². The molecule has 0 radical (unpaired) electrons. The maximum Gasteiger partial charge on any atom is 0.136 e. The van der Waals surface area contributed by atoms with Gasteiger partial charge in [0.2, 0.25) is 0 Å². The third-order valence-corrected chi connectivity index (χ3v) is 4.89. The first-order chi connectivity index (χ1) is 11.0. The second-order valence-corrected chi connectivity index (χ2v) is 6.55. The lowest BCUT2D eigenvalue weighted by Gasteiger charge is -2.09. The first-order valence-corrected chi connectivity index (χ1v) is 8.04. The van der Waals surface area contributed by atoms with Crippen molar-refractivity contribution in [3.05, 3.63) is 70.8 Å². The Labute approximate surface area is 136 Å². The van der Waals surface area contributed by atoms with Gasteiger partial charge in [0.25, 0.3) is 0 Å². The van der Waals surface area contributed by atoms with Gasteiger partial charge >= 0.3 is 0 Å². The average Bonchev–Trinajstić information content (AvgIpc) is 2.88. The fraction of sp³-hybridized carbons (Fsp3) is 0.182. The summed E-state index contributed by atoms with van der Waals surface area (Å²) in [6, 6.07) is 17.4. The zero-order chi connectivity index (χ0) is 16.1. The standard InChI is InChI=1S/C22H20O/c1-13-5-7-19-20-8-6-17(12-22(20)23-21(19)9-13)18-10-14(2)16(4)15(3)11-18/h5-12H,1-4H3. The van der Waals surface area contributed by atoms with E-state index < -0.39 is 0 Å². The third kappa shape index (κ3) is 2.24. The number of benzene rings is 3. The molecular weight excluding hydrogens is 280 g/mol. The minimum absolute atomic E-state index is 0.957. The van der Waals surface area contributed by atoms with E-state index >= 15 is 0 Å². The lowest BCUT2D eigenvalue weighted by Crippen LogP contribution is -1.88. The molecule has 0 atom stereocenters. The van der Waals surface area contributed by atoms with Crippen molar-refractivity contribution in [2.45, 2.75) is 27.7 Å². The summed E-state index contributed by atoms with van der Waals surface area (Å²) >= 11 is 0. The van der Waals surface area contributed by atoms with Gasteiger partial charge < -0.3 is 4.42 Å². The summed E-state index contributed by atoms with van der Waals surface area (Å²) in [4.78, 5) is 0. The minimum atomic E-state index is 0.957. The SMILES string of the molecule is Cc1ccc2c(c1)oc1cc(-c3cc(C)c(C)c(C)c3)ccc12. The first-order valence-electron chi connectivity index (χ1n) is 8.04. The van der Waals surface area contributed by atoms with Gasteiger partial charge in [0.15, 0.2) is 0 Å². The number of rotatable bonds is 1. The number of hydrogen-bond donors (Lipinski definition) is 0. The predicted molar refractivity (Wildman–Crippen MR) is 98.1 cm³/mol. The highest BCUT2D eigenvalue weighted by molar-refractivity contribution is 6.06. The molecule has 0 aliphatic carbocycles. The molecule has 23 heavy (non-hydrogen) atoms. The van der Waals surface area contributed by atoms with Crippen LogP contribution < -0.4 is 0 Å². The van der Waals surface area contributed by atoms with E-state index in [0.29, 0.717) is 0 Å². The van der Waals surface area contributed by atoms with Crippen molar-refractivity contribution in [3.8, 4) is 11.1 Å². The molecule has 0 spiro atoms. The Morgan fingerprint density at radius 3 is 1.91 bits per heavy atom. The largest absolute Gasteiger partial charge is 0.456 e. The number of hydrogen-bond acceptors (Lipinski definition) is 1. The van der Waals surface area contributed by atoms with Crippen LogP contribution in [0.25, 0.3) is 33.1 Å². The van der Waals surface area contributed by atoms with Gasteiger partial charge in [-0.1, -0.05) is 30.3 Å². The van der Waals surface area contributed by atoms with Crippen LogP contribution in [0.3, 0.4) is 0 Å². The van der Waals surface area contributed by atoms with Crippen molar-refractivity contribution in [2.75, 3.05) is 0 Å². The molecular formula is C22H20O. The van der Waals surface area contributed by atoms with Crippen LogP contribution in [0, 0.1) is 27.7 Å². The highest BCUT2D eigenvalue weighted by Crippen LogP contribution is 2.33. The molecule has 3 aromatic carbocycles. The van der Waals surface area contributed by atoms with E-state index in [0.717, 1.165) is 11.2 Å². The van der Waals surface area contributed by atoms with Crippen molar-refractivity contribution < 1.29 is 4.42 Å². The summed E-state index contributed by atoms with van der Waals surface area (Å²) in [5.74, 6) is 0. The second-order valence-electron chi connectivity index (χ2n) is 6.55. The summed E-state index contributed by atoms with van der Waals surface area (Å²) < 4.78 is 6.08. The fourth-order valence-electron chi connectivity index (χ4n) is 3.27. The first kappa shape index (κ1) is 14.1. The van der Waals surface area contributed by atoms with E-state index in [-0.39, 0.29) is 0 Å². The average molecular weight is 300 g/mol. The van der Waals surface area contributed by atoms with Gasteiger partial charge in [0.05, 0.1) is 0 Å². The molecule has 0 aliphatic heterocycles. The Kier molecular flexibility index (Phi) is 3.05. The smallest absolute Gasteiger partial charge is 0.136 e. The Hall–Kier alpha value is -2.54. The van der Waals surface area contributed by atoms with Crippen LogP contribution in [0.15, 0.2) is 52.9 Å². The Morgan fingerprint density at radius 1 is 0.609 bits per heavy atom. The molecule has 4 rings (SSSR count). The lowest BCUT2D eigenvalue weighted by molar-refractivity contribution is 0.668. The van der Waals surface area contributed by atoms with Crippen molar-refractivity contribution in [1.29, 1.82) is 0 Å². The molecule has 0 saturated heterocycles. The van der Waals surface area contributed by atoms with E-state index in [1.807, 2.05) is 0 Å². The van der Waals surface area contributed by atoms with E-state index in [1.165, 1.54) is 44.2 Å². The van der Waals surface area contributed by atoms with Crippen molar-refractivity contribution in [1.82, 2.24) is 0 Å². The number of furan rings is 1. The van der Waals surface area contributed by atoms with Crippen LogP contribution in [0.1, 0.15) is 22.3 Å². The monoisotopic (exact) mass is 300 g/mol. The molecule has 0 aliphatic rings. The molecule has 0 unspecified atom stereocenters. The van der Waals surface area contributed by atoms with Crippen LogP contribution >= 0.6 is 0 Å². The van der Waals surface area contributed by atoms with Gasteiger partial charge in [-0.15, -0.1) is 0 Å². The summed E-state index contributed by atoms with van der Waals surface area (Å²) in [5, 5.41) is 2.37. The molecule has 0 bridgehead atoms. The number of fused-ring (bicyclic) bond motifs is 3. The van der Waals surface area contributed by atoms with Crippen LogP contribution in [0.2, 0.25) is 0 Å². The summed E-state index contributed by atoms with van der Waals surface area (Å²) in [7, 11) is 0. The zero-order valence-electron chi connectivity index (χ0n) is 14.0. The molecule has 0 amide bonds. The highest BCUT2D eigenvalue weighted by atomic mass is 16.3. The van der Waals surface area contributed by atoms with Gasteiger partial charge in [0.1, 0.15) is 11.2 Å². The lowest BCUT2D eigenvalue weighted by atomic mass is 9.96. The molecule has 4 aromatic rings. The van der Waals surface area contributed by atoms with Crippen LogP contribution in [0.5, 0.6) is 0 Å². The zero-order valence-corrected chi connectivity index (χ0v) is 14.0. The minimum Gasteiger partial charge on any atom is -0.456 e. The van der Waals surface area contributed by atoms with E-state index in [9.17, 15) is 0 Å². The van der Waals surface area contributed by atoms with Gasteiger partial charge in [-0.25, -0.2) is 0 Å². The Bertz CT molecular complexity index is 1030. The molecule has 1 nitrogen and oxygen atoms in total. The maximum absolute atomic E-state index is 6.08. The highest BCUT2D eigenvalue weighted by Gasteiger charge is 2.09. The van der Waals surface area contributed by atoms with Gasteiger partial charge in [-0.3, -0.25) is 0 Å². The summed E-state index contributed by atoms with van der Waals surface area (Å²) in [5.41, 5.74) is 9.65. The second kappa shape index (κ2) is 4.99. The fourth-order valence-corrected chi connectivity index (χ4v) is 3.27. The van der Waals surface area contributed by atoms with Crippen LogP contribution in [-0.2, 0) is 0 Å². The number of aryl methyl sites for hydroxylation is 3. The topological polar surface area (TPSA) is 13.1 Å². The molecule has 1 heterocycles. The Morgan fingerprint density at radius 2 is 1.22 bits per heavy atom. The van der Waals surface area contributed by atoms with Crippen molar-refractivity contribution in [3.63, 3.8) is 0 Å². The van der Waals surface area contributed by atoms with Gasteiger partial charge in [-0.2, -0.15) is 0 Å². The molecule has 0 fully saturated rings. The predicted octanol–water partition coefficient (Wildman–Crippen LogP) is 6.49. The maximum atomic E-state index is 6.08. The molecule has 0 N–H and O–H groups in total. The normalized spacial score (nSPS) is 11.5. The molecule has 114 valence electrons. The van der Waals surface area contributed by atoms with E-state index in [2.05, 4.69) is 76.2 Å². The molecule has 1 heteroatoms. The van der Waals surface area contributed by atoms with Gasteiger partial charge in [0, 0.05) is 10.8 Å². The summed E-state index contributed by atoms with van der Waals surface area (Å²) in [6.45, 7) is 8.62. The molecule has 0 saturated carbocycles. The quantitative estimate of drug-likeness (QED) is 0.392. The van der Waals surface area contributed by atoms with E-state index in [1.54, 1.807) is 0 Å². The van der Waals surface area contributed by atoms with Crippen LogP contribution in [-0.4, -0.2) is 0 Å². The summed E-state index contributed by atoms with van der Waals surface area (Å²) in [6.07, 6.45) is 0. The van der Waals surface area contributed by atoms with E-state index in [4.69, 9.17) is 4.42 Å². The van der Waals surface area contributed by atoms with Gasteiger partial charge in [-0.05, 0) is 79.3 Å². The third-order valence-electron chi connectivity index (χ3n) is 4.89. The molecule has 1 aromatic heterocycles. The van der Waals surface area contributed by atoms with Crippen molar-refractivity contribution in [2.24, 2.45) is 0 Å². The van der Waals surface area contributed by atoms with Crippen molar-refractivity contribution >= 4 is 21.9 Å². The Balaban J connectivity index is 1.94.